The van der Waals surface area contributed by atoms with Crippen LogP contribution in [0.2, 0.25) is 0 Å². The summed E-state index contributed by atoms with van der Waals surface area (Å²) in [6.07, 6.45) is 2.37. The number of carbonyl (C=O) groups excluding carboxylic acids is 2. The van der Waals surface area contributed by atoms with Gasteiger partial charge in [0.05, 0.1) is 7.11 Å². The summed E-state index contributed by atoms with van der Waals surface area (Å²) in [5.41, 5.74) is 1.01. The number of piperidine rings is 1. The molecular formula is C15H18FNO3. The summed E-state index contributed by atoms with van der Waals surface area (Å²) >= 11 is 0. The second-order valence-electron chi connectivity index (χ2n) is 4.99. The lowest BCUT2D eigenvalue weighted by Crippen LogP contribution is -2.48. The molecule has 0 saturated carbocycles. The van der Waals surface area contributed by atoms with Crippen molar-refractivity contribution < 1.29 is 18.7 Å². The van der Waals surface area contributed by atoms with Crippen LogP contribution >= 0.6 is 0 Å². The molecule has 0 spiro atoms. The van der Waals surface area contributed by atoms with E-state index in [9.17, 15) is 14.0 Å². The lowest BCUT2D eigenvalue weighted by molar-refractivity contribution is -0.147. The highest BCUT2D eigenvalue weighted by Crippen LogP contribution is 2.22. The van der Waals surface area contributed by atoms with Crippen LogP contribution in [0.25, 0.3) is 0 Å². The number of ether oxygens (including phenoxy) is 1. The van der Waals surface area contributed by atoms with Gasteiger partial charge in [0.2, 0.25) is 0 Å². The number of aryl methyl sites for hydroxylation is 1. The van der Waals surface area contributed by atoms with Gasteiger partial charge in [0.15, 0.2) is 0 Å². The van der Waals surface area contributed by atoms with E-state index in [0.717, 1.165) is 12.8 Å². The minimum Gasteiger partial charge on any atom is -0.467 e. The summed E-state index contributed by atoms with van der Waals surface area (Å²) in [7, 11) is 1.32. The second kappa shape index (κ2) is 6.03. The van der Waals surface area contributed by atoms with E-state index in [0.29, 0.717) is 24.1 Å². The lowest BCUT2D eigenvalue weighted by Gasteiger charge is -2.34. The Morgan fingerprint density at radius 2 is 2.10 bits per heavy atom. The van der Waals surface area contributed by atoms with E-state index in [1.165, 1.54) is 30.2 Å². The van der Waals surface area contributed by atoms with Crippen LogP contribution in [-0.2, 0) is 9.53 Å². The number of methoxy groups -OCH3 is 1. The van der Waals surface area contributed by atoms with Crippen LogP contribution < -0.4 is 0 Å². The molecule has 2 rings (SSSR count). The quantitative estimate of drug-likeness (QED) is 0.780. The van der Waals surface area contributed by atoms with Crippen molar-refractivity contribution in [1.82, 2.24) is 4.90 Å². The SMILES string of the molecule is COC(=O)[C@H]1CCCCN1C(=O)c1ccc(F)cc1C. The summed E-state index contributed by atoms with van der Waals surface area (Å²) in [6, 6.07) is 3.52. The largest absolute Gasteiger partial charge is 0.467 e. The summed E-state index contributed by atoms with van der Waals surface area (Å²) in [5, 5.41) is 0. The molecule has 1 fully saturated rings. The highest BCUT2D eigenvalue weighted by molar-refractivity contribution is 5.98. The van der Waals surface area contributed by atoms with Gasteiger partial charge in [-0.15, -0.1) is 0 Å². The zero-order valence-electron chi connectivity index (χ0n) is 11.7. The molecular weight excluding hydrogens is 261 g/mol. The summed E-state index contributed by atoms with van der Waals surface area (Å²) in [6.45, 7) is 2.21. The average Bonchev–Trinajstić information content (AvgIpc) is 2.46. The number of halogens is 1. The first kappa shape index (κ1) is 14.5. The molecule has 1 aromatic rings. The van der Waals surface area contributed by atoms with Crippen LogP contribution in [-0.4, -0.2) is 36.5 Å². The molecule has 1 heterocycles. The fourth-order valence-corrected chi connectivity index (χ4v) is 2.58. The molecule has 0 aliphatic carbocycles. The van der Waals surface area contributed by atoms with Gasteiger partial charge in [-0.2, -0.15) is 0 Å². The molecule has 5 heteroatoms. The van der Waals surface area contributed by atoms with E-state index < -0.39 is 12.0 Å². The summed E-state index contributed by atoms with van der Waals surface area (Å²) < 4.78 is 17.9. The van der Waals surface area contributed by atoms with Gasteiger partial charge < -0.3 is 9.64 Å². The molecule has 4 nitrogen and oxygen atoms in total. The number of amides is 1. The number of esters is 1. The number of hydrogen-bond acceptors (Lipinski definition) is 3. The average molecular weight is 279 g/mol. The molecule has 1 amide bonds. The molecule has 0 unspecified atom stereocenters. The topological polar surface area (TPSA) is 46.6 Å². The third-order valence-corrected chi connectivity index (χ3v) is 3.66. The van der Waals surface area contributed by atoms with E-state index in [-0.39, 0.29) is 11.7 Å². The van der Waals surface area contributed by atoms with Crippen LogP contribution in [0.1, 0.15) is 35.2 Å². The third-order valence-electron chi connectivity index (χ3n) is 3.66. The molecule has 1 atom stereocenters. The molecule has 1 saturated heterocycles. The van der Waals surface area contributed by atoms with Crippen molar-refractivity contribution in [3.8, 4) is 0 Å². The van der Waals surface area contributed by atoms with Gasteiger partial charge in [0, 0.05) is 12.1 Å². The van der Waals surface area contributed by atoms with E-state index in [1.807, 2.05) is 0 Å². The zero-order valence-corrected chi connectivity index (χ0v) is 11.7. The first-order valence-corrected chi connectivity index (χ1v) is 6.69. The predicted molar refractivity (Wildman–Crippen MR) is 71.8 cm³/mol. The minimum absolute atomic E-state index is 0.238. The normalized spacial score (nSPS) is 18.8. The van der Waals surface area contributed by atoms with Gasteiger partial charge >= 0.3 is 5.97 Å². The Balaban J connectivity index is 2.27. The monoisotopic (exact) mass is 279 g/mol. The highest BCUT2D eigenvalue weighted by Gasteiger charge is 2.33. The Bertz CT molecular complexity index is 530. The van der Waals surface area contributed by atoms with E-state index >= 15 is 0 Å². The number of hydrogen-bond donors (Lipinski definition) is 0. The van der Waals surface area contributed by atoms with Crippen molar-refractivity contribution in [1.29, 1.82) is 0 Å². The van der Waals surface area contributed by atoms with Crippen LogP contribution in [0.5, 0.6) is 0 Å². The third kappa shape index (κ3) is 2.81. The number of carbonyl (C=O) groups is 2. The first-order valence-electron chi connectivity index (χ1n) is 6.69. The number of benzene rings is 1. The van der Waals surface area contributed by atoms with Crippen molar-refractivity contribution in [3.63, 3.8) is 0 Å². The molecule has 0 radical (unpaired) electrons. The Hall–Kier alpha value is -1.91. The number of likely N-dealkylation sites (tertiary alicyclic amines) is 1. The van der Waals surface area contributed by atoms with Gasteiger partial charge in [0.1, 0.15) is 11.9 Å². The summed E-state index contributed by atoms with van der Waals surface area (Å²) in [4.78, 5) is 25.9. The second-order valence-corrected chi connectivity index (χ2v) is 4.99. The zero-order chi connectivity index (χ0) is 14.7. The van der Waals surface area contributed by atoms with Crippen molar-refractivity contribution in [2.75, 3.05) is 13.7 Å². The van der Waals surface area contributed by atoms with Crippen LogP contribution in [0, 0.1) is 12.7 Å². The van der Waals surface area contributed by atoms with Crippen LogP contribution in [0.3, 0.4) is 0 Å². The van der Waals surface area contributed by atoms with Crippen LogP contribution in [0.15, 0.2) is 18.2 Å². The highest BCUT2D eigenvalue weighted by atomic mass is 19.1. The maximum atomic E-state index is 13.1. The van der Waals surface area contributed by atoms with Crippen molar-refractivity contribution in [2.45, 2.75) is 32.2 Å². The molecule has 1 aliphatic rings. The Morgan fingerprint density at radius 1 is 1.35 bits per heavy atom. The number of nitrogens with zero attached hydrogens (tertiary/aromatic N) is 1. The van der Waals surface area contributed by atoms with E-state index in [1.54, 1.807) is 6.92 Å². The summed E-state index contributed by atoms with van der Waals surface area (Å²) in [5.74, 6) is -1.00. The van der Waals surface area contributed by atoms with Crippen molar-refractivity contribution in [3.05, 3.63) is 35.1 Å². The van der Waals surface area contributed by atoms with Gasteiger partial charge in [-0.25, -0.2) is 9.18 Å². The first-order chi connectivity index (χ1) is 9.54. The molecule has 0 N–H and O–H groups in total. The van der Waals surface area contributed by atoms with Gasteiger partial charge in [-0.05, 0) is 49.9 Å². The van der Waals surface area contributed by atoms with Gasteiger partial charge in [0.25, 0.3) is 5.91 Å². The van der Waals surface area contributed by atoms with E-state index in [2.05, 4.69) is 0 Å². The van der Waals surface area contributed by atoms with Gasteiger partial charge in [-0.3, -0.25) is 4.79 Å². The molecule has 0 bridgehead atoms. The minimum atomic E-state index is -0.536. The van der Waals surface area contributed by atoms with Gasteiger partial charge in [-0.1, -0.05) is 0 Å². The van der Waals surface area contributed by atoms with Crippen LogP contribution in [0.4, 0.5) is 4.39 Å². The fourth-order valence-electron chi connectivity index (χ4n) is 2.58. The van der Waals surface area contributed by atoms with E-state index in [4.69, 9.17) is 4.74 Å². The van der Waals surface area contributed by atoms with Crippen molar-refractivity contribution >= 4 is 11.9 Å². The molecule has 0 aromatic heterocycles. The Morgan fingerprint density at radius 3 is 2.75 bits per heavy atom. The molecule has 108 valence electrons. The maximum Gasteiger partial charge on any atom is 0.328 e. The maximum absolute atomic E-state index is 13.1. The smallest absolute Gasteiger partial charge is 0.328 e. The lowest BCUT2D eigenvalue weighted by atomic mass is 9.99. The molecule has 1 aliphatic heterocycles. The predicted octanol–water partition coefficient (Wildman–Crippen LogP) is 2.30. The molecule has 1 aromatic carbocycles. The fraction of sp³-hybridized carbons (Fsp3) is 0.467. The van der Waals surface area contributed by atoms with Crippen molar-refractivity contribution in [2.24, 2.45) is 0 Å². The molecule has 20 heavy (non-hydrogen) atoms. The Labute approximate surface area is 117 Å². The standard InChI is InChI=1S/C15H18FNO3/c1-10-9-11(16)6-7-12(10)14(18)17-8-4-3-5-13(17)15(19)20-2/h6-7,9,13H,3-5,8H2,1-2H3/t13-/m1/s1. The Kier molecular flexibility index (Phi) is 4.37. The number of rotatable bonds is 2.